The van der Waals surface area contributed by atoms with Gasteiger partial charge < -0.3 is 14.8 Å². The van der Waals surface area contributed by atoms with Crippen molar-refractivity contribution in [1.82, 2.24) is 20.1 Å². The summed E-state index contributed by atoms with van der Waals surface area (Å²) in [5.74, 6) is 1.70. The van der Waals surface area contributed by atoms with Crippen molar-refractivity contribution in [3.8, 4) is 28.6 Å². The molecule has 31 heavy (non-hydrogen) atoms. The van der Waals surface area contributed by atoms with Crippen LogP contribution in [0.25, 0.3) is 17.1 Å². The van der Waals surface area contributed by atoms with Gasteiger partial charge in [0.1, 0.15) is 13.2 Å². The van der Waals surface area contributed by atoms with Crippen molar-refractivity contribution in [2.75, 3.05) is 13.2 Å². The molecule has 0 bridgehead atoms. The van der Waals surface area contributed by atoms with Crippen LogP contribution in [-0.2, 0) is 6.54 Å². The number of rotatable bonds is 5. The number of aromatic nitrogens is 3. The number of ether oxygens (including phenoxy) is 2. The number of amides is 1. The van der Waals surface area contributed by atoms with Crippen LogP contribution in [-0.4, -0.2) is 33.9 Å². The van der Waals surface area contributed by atoms with Crippen molar-refractivity contribution in [3.05, 3.63) is 90.3 Å². The summed E-state index contributed by atoms with van der Waals surface area (Å²) in [5.41, 5.74) is 2.55. The molecule has 1 aromatic heterocycles. The number of fused-ring (bicyclic) bond motifs is 1. The second-order valence-electron chi connectivity index (χ2n) is 7.00. The molecule has 1 N–H and O–H groups in total. The molecule has 2 heterocycles. The number of hydrogen-bond donors (Lipinski definition) is 1. The Bertz CT molecular complexity index is 1150. The molecule has 1 aliphatic rings. The summed E-state index contributed by atoms with van der Waals surface area (Å²) in [4.78, 5) is 17.4. The van der Waals surface area contributed by atoms with Gasteiger partial charge in [0.15, 0.2) is 17.3 Å². The van der Waals surface area contributed by atoms with Crippen LogP contribution in [0.2, 0.25) is 0 Å². The second kappa shape index (κ2) is 8.31. The fourth-order valence-corrected chi connectivity index (χ4v) is 3.46. The minimum Gasteiger partial charge on any atom is -0.486 e. The summed E-state index contributed by atoms with van der Waals surface area (Å²) in [5, 5.41) is 7.39. The van der Waals surface area contributed by atoms with Crippen LogP contribution in [0.5, 0.6) is 11.5 Å². The fourth-order valence-electron chi connectivity index (χ4n) is 3.46. The third-order valence-electron chi connectivity index (χ3n) is 4.93. The summed E-state index contributed by atoms with van der Waals surface area (Å²) in [6, 6.07) is 25.0. The molecule has 0 radical (unpaired) electrons. The normalized spacial score (nSPS) is 12.4. The lowest BCUT2D eigenvalue weighted by Gasteiger charge is -2.20. The highest BCUT2D eigenvalue weighted by atomic mass is 16.6. The highest BCUT2D eigenvalue weighted by Gasteiger charge is 2.20. The lowest BCUT2D eigenvalue weighted by atomic mass is 10.1. The second-order valence-corrected chi connectivity index (χ2v) is 7.00. The zero-order valence-electron chi connectivity index (χ0n) is 16.7. The highest BCUT2D eigenvalue weighted by Crippen LogP contribution is 2.33. The predicted molar refractivity (Wildman–Crippen MR) is 115 cm³/mol. The molecule has 7 nitrogen and oxygen atoms in total. The minimum atomic E-state index is -0.360. The van der Waals surface area contributed by atoms with Gasteiger partial charge in [-0.3, -0.25) is 4.79 Å². The van der Waals surface area contributed by atoms with E-state index < -0.39 is 0 Å². The maximum Gasteiger partial charge on any atom is 0.291 e. The number of nitrogens with zero attached hydrogens (tertiary/aromatic N) is 3. The first-order chi connectivity index (χ1) is 15.3. The zero-order valence-corrected chi connectivity index (χ0v) is 16.7. The van der Waals surface area contributed by atoms with Crippen molar-refractivity contribution < 1.29 is 14.3 Å². The molecule has 0 saturated heterocycles. The first kappa shape index (κ1) is 18.9. The maximum absolute atomic E-state index is 12.9. The Balaban J connectivity index is 1.43. The molecule has 0 saturated carbocycles. The summed E-state index contributed by atoms with van der Waals surface area (Å²) in [7, 11) is 0. The van der Waals surface area contributed by atoms with Crippen LogP contribution in [0.3, 0.4) is 0 Å². The summed E-state index contributed by atoms with van der Waals surface area (Å²) in [6.07, 6.45) is 0. The van der Waals surface area contributed by atoms with E-state index in [1.54, 1.807) is 4.68 Å². The van der Waals surface area contributed by atoms with E-state index in [4.69, 9.17) is 9.47 Å². The number of para-hydroxylation sites is 2. The molecular formula is C24H20N4O3. The van der Waals surface area contributed by atoms with Crippen molar-refractivity contribution in [2.45, 2.75) is 6.54 Å². The third kappa shape index (κ3) is 3.85. The van der Waals surface area contributed by atoms with Crippen molar-refractivity contribution in [2.24, 2.45) is 0 Å². The van der Waals surface area contributed by atoms with Crippen LogP contribution < -0.4 is 14.8 Å². The van der Waals surface area contributed by atoms with E-state index >= 15 is 0 Å². The minimum absolute atomic E-state index is 0.102. The van der Waals surface area contributed by atoms with Gasteiger partial charge in [-0.05, 0) is 18.2 Å². The van der Waals surface area contributed by atoms with Crippen LogP contribution in [0.15, 0.2) is 78.9 Å². The number of carbonyl (C=O) groups is 1. The lowest BCUT2D eigenvalue weighted by Crippen LogP contribution is -2.25. The predicted octanol–water partition coefficient (Wildman–Crippen LogP) is 3.64. The van der Waals surface area contributed by atoms with Gasteiger partial charge in [-0.15, -0.1) is 5.10 Å². The van der Waals surface area contributed by atoms with Gasteiger partial charge in [-0.1, -0.05) is 60.7 Å². The van der Waals surface area contributed by atoms with Crippen LogP contribution in [0, 0.1) is 0 Å². The monoisotopic (exact) mass is 412 g/mol. The average molecular weight is 412 g/mol. The lowest BCUT2D eigenvalue weighted by molar-refractivity contribution is 0.0939. The molecular weight excluding hydrogens is 392 g/mol. The number of benzene rings is 3. The highest BCUT2D eigenvalue weighted by molar-refractivity contribution is 5.91. The van der Waals surface area contributed by atoms with Crippen LogP contribution in [0.4, 0.5) is 0 Å². The molecule has 7 heteroatoms. The molecule has 0 unspecified atom stereocenters. The van der Waals surface area contributed by atoms with Gasteiger partial charge in [-0.25, -0.2) is 9.67 Å². The van der Waals surface area contributed by atoms with E-state index in [9.17, 15) is 4.79 Å². The van der Waals surface area contributed by atoms with Gasteiger partial charge in [0, 0.05) is 17.7 Å². The Labute approximate surface area is 179 Å². The number of hydrogen-bond acceptors (Lipinski definition) is 5. The third-order valence-corrected chi connectivity index (χ3v) is 4.93. The standard InChI is InChI=1S/C24H20N4O3/c29-24(25-16-18-10-7-13-20-21(18)31-15-14-30-20)22-26-23(17-8-3-1-4-9-17)28(27-22)19-11-5-2-6-12-19/h1-13H,14-16H2,(H,25,29). The number of carbonyl (C=O) groups excluding carboxylic acids is 1. The molecule has 0 atom stereocenters. The Kier molecular flexibility index (Phi) is 5.06. The molecule has 0 spiro atoms. The molecule has 0 aliphatic carbocycles. The molecule has 3 aromatic carbocycles. The van der Waals surface area contributed by atoms with E-state index in [-0.39, 0.29) is 18.3 Å². The molecule has 4 aromatic rings. The quantitative estimate of drug-likeness (QED) is 0.542. The maximum atomic E-state index is 12.9. The van der Waals surface area contributed by atoms with E-state index in [0.29, 0.717) is 30.5 Å². The fraction of sp³-hybridized carbons (Fsp3) is 0.125. The van der Waals surface area contributed by atoms with Gasteiger partial charge >= 0.3 is 0 Å². The zero-order chi connectivity index (χ0) is 21.0. The van der Waals surface area contributed by atoms with E-state index in [1.165, 1.54) is 0 Å². The van der Waals surface area contributed by atoms with E-state index in [1.807, 2.05) is 78.9 Å². The molecule has 5 rings (SSSR count). The topological polar surface area (TPSA) is 78.3 Å². The van der Waals surface area contributed by atoms with Crippen molar-refractivity contribution >= 4 is 5.91 Å². The first-order valence-electron chi connectivity index (χ1n) is 10.0. The molecule has 0 fully saturated rings. The van der Waals surface area contributed by atoms with Gasteiger partial charge in [0.2, 0.25) is 5.82 Å². The molecule has 1 aliphatic heterocycles. The van der Waals surface area contributed by atoms with Gasteiger partial charge in [0.25, 0.3) is 5.91 Å². The van der Waals surface area contributed by atoms with Gasteiger partial charge in [-0.2, -0.15) is 0 Å². The summed E-state index contributed by atoms with van der Waals surface area (Å²) in [6.45, 7) is 1.29. The smallest absolute Gasteiger partial charge is 0.291 e. The largest absolute Gasteiger partial charge is 0.486 e. The molecule has 1 amide bonds. The SMILES string of the molecule is O=C(NCc1cccc2c1OCCO2)c1nc(-c2ccccc2)n(-c2ccccc2)n1. The van der Waals surface area contributed by atoms with Crippen LogP contribution in [0.1, 0.15) is 16.2 Å². The van der Waals surface area contributed by atoms with Crippen molar-refractivity contribution in [1.29, 1.82) is 0 Å². The Morgan fingerprint density at radius 2 is 1.65 bits per heavy atom. The number of nitrogens with one attached hydrogen (secondary N) is 1. The Hall–Kier alpha value is -4.13. The Morgan fingerprint density at radius 1 is 0.903 bits per heavy atom. The summed E-state index contributed by atoms with van der Waals surface area (Å²) < 4.78 is 13.0. The summed E-state index contributed by atoms with van der Waals surface area (Å²) >= 11 is 0. The van der Waals surface area contributed by atoms with E-state index in [2.05, 4.69) is 15.4 Å². The average Bonchev–Trinajstić information content (AvgIpc) is 3.29. The van der Waals surface area contributed by atoms with Crippen molar-refractivity contribution in [3.63, 3.8) is 0 Å². The first-order valence-corrected chi connectivity index (χ1v) is 10.0. The van der Waals surface area contributed by atoms with Gasteiger partial charge in [0.05, 0.1) is 5.69 Å². The Morgan fingerprint density at radius 3 is 2.45 bits per heavy atom. The van der Waals surface area contributed by atoms with Crippen LogP contribution >= 0.6 is 0 Å². The van der Waals surface area contributed by atoms with E-state index in [0.717, 1.165) is 16.8 Å². The molecule has 154 valence electrons.